The van der Waals surface area contributed by atoms with Crippen molar-refractivity contribution >= 4 is 0 Å². The minimum atomic E-state index is 0.703. The molecule has 0 spiro atoms. The van der Waals surface area contributed by atoms with E-state index in [9.17, 15) is 0 Å². The van der Waals surface area contributed by atoms with Gasteiger partial charge in [0, 0.05) is 11.6 Å². The molecule has 0 bridgehead atoms. The summed E-state index contributed by atoms with van der Waals surface area (Å²) < 4.78 is 0. The van der Waals surface area contributed by atoms with E-state index in [0.29, 0.717) is 5.92 Å². The van der Waals surface area contributed by atoms with E-state index in [0.717, 1.165) is 13.1 Å². The zero-order valence-electron chi connectivity index (χ0n) is 6.90. The lowest BCUT2D eigenvalue weighted by molar-refractivity contribution is 0.416. The molecule has 2 fully saturated rings. The quantitative estimate of drug-likeness (QED) is 0.588. The van der Waals surface area contributed by atoms with Gasteiger partial charge in [0.1, 0.15) is 0 Å². The maximum Gasteiger partial charge on any atom is 0.0105 e. The summed E-state index contributed by atoms with van der Waals surface area (Å²) >= 11 is 0. The topological polar surface area (TPSA) is 38.0 Å². The van der Waals surface area contributed by atoms with Crippen molar-refractivity contribution in [2.75, 3.05) is 13.1 Å². The smallest absolute Gasteiger partial charge is 0.0105 e. The summed E-state index contributed by atoms with van der Waals surface area (Å²) in [6, 6.07) is 0. The van der Waals surface area contributed by atoms with Gasteiger partial charge < -0.3 is 11.1 Å². The fourth-order valence-electron chi connectivity index (χ4n) is 1.77. The highest BCUT2D eigenvalue weighted by molar-refractivity contribution is 5.25. The Morgan fingerprint density at radius 1 is 1.27 bits per heavy atom. The highest BCUT2D eigenvalue weighted by atomic mass is 14.9. The number of nitrogens with two attached hydrogens (primary N) is 1. The molecule has 1 aliphatic heterocycles. The van der Waals surface area contributed by atoms with Crippen molar-refractivity contribution in [3.63, 3.8) is 0 Å². The van der Waals surface area contributed by atoms with Gasteiger partial charge in [0.05, 0.1) is 0 Å². The Kier molecular flexibility index (Phi) is 1.86. The number of hydrogen-bond acceptors (Lipinski definition) is 2. The van der Waals surface area contributed by atoms with Gasteiger partial charge in [0.15, 0.2) is 0 Å². The molecule has 2 nitrogen and oxygen atoms in total. The van der Waals surface area contributed by atoms with Crippen LogP contribution in [0.25, 0.3) is 0 Å². The van der Waals surface area contributed by atoms with Crippen molar-refractivity contribution in [3.05, 3.63) is 11.3 Å². The summed E-state index contributed by atoms with van der Waals surface area (Å²) in [5.74, 6) is 0.703. The normalized spacial score (nSPS) is 25.3. The van der Waals surface area contributed by atoms with Crippen LogP contribution < -0.4 is 11.1 Å². The molecule has 1 saturated carbocycles. The maximum absolute atomic E-state index is 6.01. The molecule has 0 aromatic rings. The molecule has 0 amide bonds. The molecule has 0 aromatic heterocycles. The first kappa shape index (κ1) is 7.17. The van der Waals surface area contributed by atoms with Crippen molar-refractivity contribution in [3.8, 4) is 0 Å². The summed E-state index contributed by atoms with van der Waals surface area (Å²) in [7, 11) is 0. The number of nitrogens with one attached hydrogen (secondary N) is 1. The molecule has 3 N–H and O–H groups in total. The standard InChI is InChI=1S/C9H16N2/c10-9(7-1-2-7)8-3-5-11-6-4-8/h8,11H,1-6,10H2. The van der Waals surface area contributed by atoms with Crippen LogP contribution in [-0.4, -0.2) is 13.1 Å². The van der Waals surface area contributed by atoms with E-state index in [2.05, 4.69) is 5.32 Å². The predicted octanol–water partition coefficient (Wildman–Crippen LogP) is 0.993. The third kappa shape index (κ3) is 1.56. The van der Waals surface area contributed by atoms with Gasteiger partial charge in [-0.3, -0.25) is 0 Å². The van der Waals surface area contributed by atoms with Crippen LogP contribution in [0.4, 0.5) is 0 Å². The van der Waals surface area contributed by atoms with Crippen LogP contribution >= 0.6 is 0 Å². The third-order valence-corrected chi connectivity index (χ3v) is 2.69. The van der Waals surface area contributed by atoms with Gasteiger partial charge in [0.25, 0.3) is 0 Å². The predicted molar refractivity (Wildman–Crippen MR) is 46.0 cm³/mol. The van der Waals surface area contributed by atoms with Crippen LogP contribution in [0.3, 0.4) is 0 Å². The van der Waals surface area contributed by atoms with Gasteiger partial charge in [0.2, 0.25) is 0 Å². The Labute approximate surface area is 67.8 Å². The lowest BCUT2D eigenvalue weighted by Crippen LogP contribution is -2.30. The van der Waals surface area contributed by atoms with Crippen molar-refractivity contribution in [2.45, 2.75) is 25.7 Å². The van der Waals surface area contributed by atoms with E-state index >= 15 is 0 Å². The SMILES string of the molecule is NC(=C1CC1)C1CCNCC1. The molecule has 1 saturated heterocycles. The highest BCUT2D eigenvalue weighted by Crippen LogP contribution is 2.34. The Balaban J connectivity index is 1.97. The van der Waals surface area contributed by atoms with Crippen LogP contribution in [0.1, 0.15) is 25.7 Å². The third-order valence-electron chi connectivity index (χ3n) is 2.69. The van der Waals surface area contributed by atoms with E-state index in [1.165, 1.54) is 37.0 Å². The van der Waals surface area contributed by atoms with Gasteiger partial charge in [-0.25, -0.2) is 0 Å². The van der Waals surface area contributed by atoms with Gasteiger partial charge in [-0.15, -0.1) is 0 Å². The second-order valence-electron chi connectivity index (χ2n) is 3.58. The van der Waals surface area contributed by atoms with E-state index in [1.807, 2.05) is 0 Å². The van der Waals surface area contributed by atoms with Crippen molar-refractivity contribution in [1.82, 2.24) is 5.32 Å². The second-order valence-corrected chi connectivity index (χ2v) is 3.58. The molecule has 0 unspecified atom stereocenters. The minimum Gasteiger partial charge on any atom is -0.402 e. The average molecular weight is 152 g/mol. The lowest BCUT2D eigenvalue weighted by atomic mass is 9.94. The number of allylic oxidation sites excluding steroid dienone is 2. The largest absolute Gasteiger partial charge is 0.402 e. The van der Waals surface area contributed by atoms with Crippen molar-refractivity contribution < 1.29 is 0 Å². The molecular weight excluding hydrogens is 136 g/mol. The van der Waals surface area contributed by atoms with Crippen LogP contribution in [-0.2, 0) is 0 Å². The summed E-state index contributed by atoms with van der Waals surface area (Å²) in [5, 5.41) is 3.35. The molecule has 2 rings (SSSR count). The Morgan fingerprint density at radius 3 is 2.45 bits per heavy atom. The maximum atomic E-state index is 6.01. The van der Waals surface area contributed by atoms with E-state index < -0.39 is 0 Å². The molecule has 1 aliphatic carbocycles. The fourth-order valence-corrected chi connectivity index (χ4v) is 1.77. The van der Waals surface area contributed by atoms with Crippen LogP contribution in [0.15, 0.2) is 11.3 Å². The van der Waals surface area contributed by atoms with Crippen LogP contribution in [0.2, 0.25) is 0 Å². The zero-order chi connectivity index (χ0) is 7.68. The van der Waals surface area contributed by atoms with Gasteiger partial charge >= 0.3 is 0 Å². The highest BCUT2D eigenvalue weighted by Gasteiger charge is 2.23. The Morgan fingerprint density at radius 2 is 1.91 bits per heavy atom. The molecule has 0 radical (unpaired) electrons. The number of piperidine rings is 1. The second kappa shape index (κ2) is 2.86. The number of rotatable bonds is 1. The van der Waals surface area contributed by atoms with Crippen LogP contribution in [0, 0.1) is 5.92 Å². The van der Waals surface area contributed by atoms with Crippen molar-refractivity contribution in [1.29, 1.82) is 0 Å². The molecule has 0 aromatic carbocycles. The van der Waals surface area contributed by atoms with Crippen LogP contribution in [0.5, 0.6) is 0 Å². The summed E-state index contributed by atoms with van der Waals surface area (Å²) in [5.41, 5.74) is 8.77. The first-order chi connectivity index (χ1) is 5.38. The Bertz CT molecular complexity index is 172. The van der Waals surface area contributed by atoms with E-state index in [4.69, 9.17) is 5.73 Å². The fraction of sp³-hybridized carbons (Fsp3) is 0.778. The molecule has 2 aliphatic rings. The number of hydrogen-bond donors (Lipinski definition) is 2. The molecule has 0 atom stereocenters. The molecule has 1 heterocycles. The molecule has 62 valence electrons. The first-order valence-electron chi connectivity index (χ1n) is 4.56. The molecular formula is C9H16N2. The monoisotopic (exact) mass is 152 g/mol. The summed E-state index contributed by atoms with van der Waals surface area (Å²) in [4.78, 5) is 0. The van der Waals surface area contributed by atoms with Gasteiger partial charge in [-0.1, -0.05) is 5.57 Å². The van der Waals surface area contributed by atoms with Gasteiger partial charge in [-0.2, -0.15) is 0 Å². The lowest BCUT2D eigenvalue weighted by Gasteiger charge is -2.22. The summed E-state index contributed by atoms with van der Waals surface area (Å²) in [6.45, 7) is 2.30. The summed E-state index contributed by atoms with van der Waals surface area (Å²) in [6.07, 6.45) is 5.04. The zero-order valence-corrected chi connectivity index (χ0v) is 6.90. The van der Waals surface area contributed by atoms with E-state index in [1.54, 1.807) is 0 Å². The first-order valence-corrected chi connectivity index (χ1v) is 4.56. The molecule has 2 heteroatoms. The minimum absolute atomic E-state index is 0.703. The van der Waals surface area contributed by atoms with Gasteiger partial charge in [-0.05, 0) is 38.8 Å². The molecule has 11 heavy (non-hydrogen) atoms. The van der Waals surface area contributed by atoms with E-state index in [-0.39, 0.29) is 0 Å². The Hall–Kier alpha value is -0.500. The van der Waals surface area contributed by atoms with Crippen molar-refractivity contribution in [2.24, 2.45) is 11.7 Å². The average Bonchev–Trinajstić information content (AvgIpc) is 2.87.